The Labute approximate surface area is 188 Å². The number of fused-ring (bicyclic) bond motifs is 2. The third-order valence-electron chi connectivity index (χ3n) is 8.00. The lowest BCUT2D eigenvalue weighted by Crippen LogP contribution is -2.66. The van der Waals surface area contributed by atoms with Crippen LogP contribution < -0.4 is 10.6 Å². The van der Waals surface area contributed by atoms with Crippen LogP contribution in [0.1, 0.15) is 78.1 Å². The molecule has 2 aliphatic heterocycles. The minimum Gasteiger partial charge on any atom is -0.378 e. The van der Waals surface area contributed by atoms with Crippen LogP contribution in [0.15, 0.2) is 4.99 Å². The first-order valence-electron chi connectivity index (χ1n) is 11.6. The molecule has 2 bridgehead atoms. The van der Waals surface area contributed by atoms with Crippen molar-refractivity contribution in [1.82, 2.24) is 15.5 Å². The number of nitrogens with zero attached hydrogens (tertiary/aromatic N) is 2. The number of piperidine rings is 2. The Bertz CT molecular complexity index is 523. The Balaban J connectivity index is 0.00000225. The van der Waals surface area contributed by atoms with E-state index in [-0.39, 0.29) is 24.0 Å². The van der Waals surface area contributed by atoms with Crippen molar-refractivity contribution in [3.63, 3.8) is 0 Å². The van der Waals surface area contributed by atoms with Gasteiger partial charge in [-0.2, -0.15) is 0 Å². The molecule has 4 atom stereocenters. The van der Waals surface area contributed by atoms with Gasteiger partial charge >= 0.3 is 0 Å². The number of guanidine groups is 1. The first kappa shape index (κ1) is 22.6. The zero-order valence-electron chi connectivity index (χ0n) is 18.1. The van der Waals surface area contributed by atoms with E-state index in [4.69, 9.17) is 9.73 Å². The summed E-state index contributed by atoms with van der Waals surface area (Å²) < 4.78 is 6.09. The first-order valence-corrected chi connectivity index (χ1v) is 11.6. The van der Waals surface area contributed by atoms with E-state index in [1.807, 2.05) is 0 Å². The van der Waals surface area contributed by atoms with Crippen LogP contribution in [0.4, 0.5) is 0 Å². The van der Waals surface area contributed by atoms with Gasteiger partial charge in [0.15, 0.2) is 5.96 Å². The van der Waals surface area contributed by atoms with Gasteiger partial charge in [-0.25, -0.2) is 0 Å². The molecule has 0 aromatic rings. The van der Waals surface area contributed by atoms with Gasteiger partial charge in [-0.05, 0) is 65.8 Å². The highest BCUT2D eigenvalue weighted by Gasteiger charge is 2.57. The standard InChI is InChI=1S/C22H40N4O.HI/c1-4-23-21(24-16-13-17-9-8-10-18(14-16)26(17)3)25-19-15-20(27-5-2)22(19)11-6-7-12-22;/h16-20H,4-15H2,1-3H3,(H2,23,24,25);1H. The fourth-order valence-electron chi connectivity index (χ4n) is 6.47. The van der Waals surface area contributed by atoms with Crippen LogP contribution in [0.3, 0.4) is 0 Å². The number of aliphatic imine (C=N–C) groups is 1. The van der Waals surface area contributed by atoms with E-state index >= 15 is 0 Å². The topological polar surface area (TPSA) is 48.9 Å². The van der Waals surface area contributed by atoms with Gasteiger partial charge in [0.25, 0.3) is 0 Å². The SMILES string of the molecule is CCN=C(NC1CC2CCCC(C1)N2C)NC1CC(OCC)C12CCCC2.I. The minimum atomic E-state index is 0. The molecule has 2 N–H and O–H groups in total. The van der Waals surface area contributed by atoms with Crippen molar-refractivity contribution in [2.45, 2.75) is 108 Å². The van der Waals surface area contributed by atoms with Crippen LogP contribution in [0.5, 0.6) is 0 Å². The highest BCUT2D eigenvalue weighted by Crippen LogP contribution is 2.54. The molecule has 5 nitrogen and oxygen atoms in total. The van der Waals surface area contributed by atoms with Crippen LogP contribution in [-0.4, -0.2) is 61.3 Å². The molecule has 2 aliphatic carbocycles. The Morgan fingerprint density at radius 2 is 1.71 bits per heavy atom. The fraction of sp³-hybridized carbons (Fsp3) is 0.955. The molecule has 162 valence electrons. The van der Waals surface area contributed by atoms with Crippen molar-refractivity contribution in [1.29, 1.82) is 0 Å². The molecule has 4 rings (SSSR count). The van der Waals surface area contributed by atoms with Crippen molar-refractivity contribution in [2.75, 3.05) is 20.2 Å². The van der Waals surface area contributed by atoms with E-state index in [2.05, 4.69) is 36.4 Å². The molecule has 4 unspecified atom stereocenters. The molecule has 2 saturated carbocycles. The predicted molar refractivity (Wildman–Crippen MR) is 127 cm³/mol. The summed E-state index contributed by atoms with van der Waals surface area (Å²) in [6.07, 6.45) is 13.6. The molecule has 0 amide bonds. The smallest absolute Gasteiger partial charge is 0.191 e. The summed E-state index contributed by atoms with van der Waals surface area (Å²) in [5.41, 5.74) is 0.357. The van der Waals surface area contributed by atoms with E-state index in [9.17, 15) is 0 Å². The number of ether oxygens (including phenoxy) is 1. The Hall–Kier alpha value is -0.0800. The number of nitrogens with one attached hydrogen (secondary N) is 2. The maximum absolute atomic E-state index is 6.09. The average Bonchev–Trinajstić information content (AvgIpc) is 3.15. The number of halogens is 1. The van der Waals surface area contributed by atoms with Crippen molar-refractivity contribution >= 4 is 29.9 Å². The lowest BCUT2D eigenvalue weighted by Gasteiger charge is -2.54. The Morgan fingerprint density at radius 3 is 2.32 bits per heavy atom. The van der Waals surface area contributed by atoms with Crippen molar-refractivity contribution in [3.05, 3.63) is 0 Å². The van der Waals surface area contributed by atoms with Crippen molar-refractivity contribution < 1.29 is 4.74 Å². The lowest BCUT2D eigenvalue weighted by molar-refractivity contribution is -0.125. The highest BCUT2D eigenvalue weighted by atomic mass is 127. The quantitative estimate of drug-likeness (QED) is 0.339. The van der Waals surface area contributed by atoms with Gasteiger partial charge in [-0.15, -0.1) is 24.0 Å². The Morgan fingerprint density at radius 1 is 1.04 bits per heavy atom. The van der Waals surface area contributed by atoms with Crippen LogP contribution in [-0.2, 0) is 4.74 Å². The zero-order valence-corrected chi connectivity index (χ0v) is 20.4. The van der Waals surface area contributed by atoms with Gasteiger partial charge in [0.2, 0.25) is 0 Å². The minimum absolute atomic E-state index is 0. The fourth-order valence-corrected chi connectivity index (χ4v) is 6.47. The molecule has 2 heterocycles. The van der Waals surface area contributed by atoms with Gasteiger partial charge < -0.3 is 20.3 Å². The summed E-state index contributed by atoms with van der Waals surface area (Å²) in [6.45, 7) is 5.95. The van der Waals surface area contributed by atoms with Crippen LogP contribution in [0.25, 0.3) is 0 Å². The summed E-state index contributed by atoms with van der Waals surface area (Å²) in [4.78, 5) is 7.46. The van der Waals surface area contributed by atoms with Gasteiger partial charge in [-0.1, -0.05) is 19.3 Å². The third-order valence-corrected chi connectivity index (χ3v) is 8.00. The predicted octanol–water partition coefficient (Wildman–Crippen LogP) is 3.91. The molecule has 4 aliphatic rings. The van der Waals surface area contributed by atoms with Crippen LogP contribution in [0.2, 0.25) is 0 Å². The molecule has 0 aromatic heterocycles. The van der Waals surface area contributed by atoms with E-state index in [0.717, 1.165) is 37.6 Å². The maximum Gasteiger partial charge on any atom is 0.191 e. The monoisotopic (exact) mass is 504 g/mol. The third kappa shape index (κ3) is 4.34. The number of hydrogen-bond donors (Lipinski definition) is 2. The second kappa shape index (κ2) is 9.82. The molecular weight excluding hydrogens is 463 g/mol. The van der Waals surface area contributed by atoms with E-state index in [1.54, 1.807) is 0 Å². The normalized spacial score (nSPS) is 37.2. The molecule has 0 radical (unpaired) electrons. The zero-order chi connectivity index (χ0) is 18.9. The van der Waals surface area contributed by atoms with Crippen molar-refractivity contribution in [2.24, 2.45) is 10.4 Å². The molecule has 1 spiro atoms. The summed E-state index contributed by atoms with van der Waals surface area (Å²) in [5.74, 6) is 1.05. The van der Waals surface area contributed by atoms with Gasteiger partial charge in [0, 0.05) is 42.7 Å². The number of rotatable bonds is 5. The van der Waals surface area contributed by atoms with Gasteiger partial charge in [0.05, 0.1) is 6.10 Å². The van der Waals surface area contributed by atoms with Gasteiger partial charge in [-0.3, -0.25) is 4.99 Å². The highest BCUT2D eigenvalue weighted by molar-refractivity contribution is 14.0. The second-order valence-electron chi connectivity index (χ2n) is 9.36. The molecule has 6 heteroatoms. The maximum atomic E-state index is 6.09. The summed E-state index contributed by atoms with van der Waals surface area (Å²) in [6, 6.07) is 2.60. The van der Waals surface area contributed by atoms with Gasteiger partial charge in [0.1, 0.15) is 0 Å². The summed E-state index contributed by atoms with van der Waals surface area (Å²) in [5, 5.41) is 7.67. The lowest BCUT2D eigenvalue weighted by atomic mass is 9.60. The largest absolute Gasteiger partial charge is 0.378 e. The second-order valence-corrected chi connectivity index (χ2v) is 9.36. The average molecular weight is 505 g/mol. The molecule has 2 saturated heterocycles. The molecular formula is C22H41IN4O. The summed E-state index contributed by atoms with van der Waals surface area (Å²) in [7, 11) is 2.33. The van der Waals surface area contributed by atoms with Crippen molar-refractivity contribution in [3.8, 4) is 0 Å². The van der Waals surface area contributed by atoms with Crippen LogP contribution >= 0.6 is 24.0 Å². The first-order chi connectivity index (χ1) is 13.2. The molecule has 28 heavy (non-hydrogen) atoms. The number of hydrogen-bond acceptors (Lipinski definition) is 3. The van der Waals surface area contributed by atoms with E-state index < -0.39 is 0 Å². The Kier molecular flexibility index (Phi) is 7.93. The molecule has 4 fully saturated rings. The van der Waals surface area contributed by atoms with Crippen LogP contribution in [0, 0.1) is 5.41 Å². The van der Waals surface area contributed by atoms with E-state index in [0.29, 0.717) is 23.6 Å². The molecule has 0 aromatic carbocycles. The van der Waals surface area contributed by atoms with E-state index in [1.165, 1.54) is 57.8 Å². The summed E-state index contributed by atoms with van der Waals surface area (Å²) >= 11 is 0.